The Kier molecular flexibility index (Phi) is 42.8. The molecule has 43 nitrogen and oxygen atoms in total. The van der Waals surface area contributed by atoms with Gasteiger partial charge >= 0.3 is 11.9 Å². The van der Waals surface area contributed by atoms with Crippen LogP contribution >= 0.6 is 11.8 Å². The number of carbonyl (C=O) groups is 19. The molecule has 778 valence electrons. The molecule has 0 aliphatic carbocycles. The Morgan fingerprint density at radius 2 is 1.15 bits per heavy atom. The molecule has 4 saturated heterocycles. The number of nitrogens with one attached hydrogen (secondary N) is 11. The Morgan fingerprint density at radius 1 is 0.580 bits per heavy atom. The first-order valence-electron chi connectivity index (χ1n) is 48.8. The second-order valence-corrected chi connectivity index (χ2v) is 39.0. The van der Waals surface area contributed by atoms with Crippen LogP contribution in [-0.4, -0.2) is 322 Å². The molecule has 0 saturated carbocycles. The van der Waals surface area contributed by atoms with Crippen LogP contribution in [0.5, 0.6) is 5.75 Å². The van der Waals surface area contributed by atoms with E-state index in [-0.39, 0.29) is 108 Å². The van der Waals surface area contributed by atoms with E-state index in [1.54, 1.807) is 82.4 Å². The van der Waals surface area contributed by atoms with E-state index in [0.29, 0.717) is 77.0 Å². The molecule has 16 amide bonds. The smallest absolute Gasteiger partial charge is 0.327 e. The van der Waals surface area contributed by atoms with Crippen LogP contribution in [-0.2, 0) is 117 Å². The second kappa shape index (κ2) is 54.1. The SMILES string of the molecule is C#CC[C@H](NC(=O)CNC(=O)[C@@H]1CSCC(=O)N[C@@H](Cc2ccc(O)cc2)C(=O)N2CCCC[C@H]2C(=O)N[C@@H](CC(N)=O)C(=O)N2CCC[C@H]2C(=O)N[C@@H](CN)C(=O)N[C@@H](CC(C)C)C(=O)N2C[C@H](O)C[C@H]2C(=O)C[C@@H](Cc2c[nH]c3ccccc23)C(=O)N[C@@H](CCN)C(=O)N[C@@H](Cc2cn(CC(=O)O)c3ccccc23)C(=O)N(C)[C@@H](CCCC)C(=O)N(C)[C@@H](CCCC)C(=O)N[C@@H](CC(C)C)C(=O)N1)C(=O)O. The number of unbranched alkanes of at least 4 members (excludes halogenated alkanes) is 2. The van der Waals surface area contributed by atoms with Crippen molar-refractivity contribution >= 4 is 146 Å². The van der Waals surface area contributed by atoms with E-state index >= 15 is 43.2 Å². The number of carboxylic acid groups (broad SMARTS) is 2. The first-order valence-corrected chi connectivity index (χ1v) is 49.9. The number of nitrogens with two attached hydrogens (primary N) is 3. The van der Waals surface area contributed by atoms with E-state index in [1.807, 2.05) is 13.8 Å². The van der Waals surface area contributed by atoms with E-state index in [2.05, 4.69) is 64.1 Å². The summed E-state index contributed by atoms with van der Waals surface area (Å²) in [6.45, 7) is 7.70. The molecule has 0 bridgehead atoms. The molecule has 21 N–H and O–H groups in total. The summed E-state index contributed by atoms with van der Waals surface area (Å²) in [6.07, 6.45) is 5.93. The van der Waals surface area contributed by atoms with Gasteiger partial charge in [-0.05, 0) is 130 Å². The van der Waals surface area contributed by atoms with Gasteiger partial charge in [0.05, 0.1) is 30.9 Å². The number of benzene rings is 3. The minimum Gasteiger partial charge on any atom is -0.508 e. The Bertz CT molecular complexity index is 5450. The maximum Gasteiger partial charge on any atom is 0.327 e. The van der Waals surface area contributed by atoms with Crippen molar-refractivity contribution < 1.29 is 112 Å². The van der Waals surface area contributed by atoms with E-state index < -0.39 is 272 Å². The van der Waals surface area contributed by atoms with Crippen molar-refractivity contribution in [2.75, 3.05) is 64.9 Å². The lowest BCUT2D eigenvalue weighted by Gasteiger charge is -2.38. The molecule has 4 aliphatic heterocycles. The third-order valence-corrected chi connectivity index (χ3v) is 27.1. The summed E-state index contributed by atoms with van der Waals surface area (Å²) in [5.74, 6) is -19.5. The number of nitrogens with zero attached hydrogens (tertiary/aromatic N) is 6. The Balaban J connectivity index is 1.12. The zero-order valence-corrected chi connectivity index (χ0v) is 83.0. The molecule has 16 atom stereocenters. The number of phenolic OH excluding ortho intramolecular Hbond substituents is 1. The van der Waals surface area contributed by atoms with Gasteiger partial charge in [0.15, 0.2) is 5.78 Å². The number of aromatic amines is 1. The van der Waals surface area contributed by atoms with Crippen LogP contribution in [0.15, 0.2) is 85.2 Å². The van der Waals surface area contributed by atoms with Crippen molar-refractivity contribution in [1.29, 1.82) is 0 Å². The highest BCUT2D eigenvalue weighted by molar-refractivity contribution is 8.00. The minimum absolute atomic E-state index is 0.0177. The standard InChI is InChI=1S/C99H138N20O23S/c1-10-13-26-76-91(133)108-68(39-55(4)5)89(131)113-74(87(129)104-49-83(124)105-67(22-12-3)99(141)142)53-143-54-84(125)106-70(41-57-31-33-61(120)34-32-57)95(137)117-37-20-19-29-77(117)92(134)111-72(46-82(102)123)96(138)118-38-21-30-78(118)93(135)112-73(47-101)90(132)109-69(40-56(6)7)97(139)119-51-62(121)45-80(119)81(122)44-58(42-59-48-103-65-25-17-15-23-63(59)65)86(128)107-66(35-36-100)88(130)110-71(94(136)115(9)79(27-14-11-2)98(140)114(76)8)43-60-50-116(52-85(126)127)75-28-18-16-24-64(60)75/h3,15-18,23-25,28,31-34,48,50,55-56,58,62,66-74,76-80,103,120-121H,10-11,13-14,19-22,26-27,29-30,35-47,49,51-54,100-101H2,1-2,4-9H3,(H2,102,123)(H,104,129)(H,105,124)(H,106,125)(H,107,128)(H,108,133)(H,109,132)(H,110,130)(H,111,134)(H,112,135)(H,113,131)(H,126,127)(H,141,142)/t58-,62-,66+,67+,68+,69+,70+,71+,72+,73+,74+,76+,77+,78+,79+,80+/m1/s1. The number of piperidine rings is 1. The number of ketones is 1. The van der Waals surface area contributed by atoms with Crippen LogP contribution in [0.1, 0.15) is 174 Å². The van der Waals surface area contributed by atoms with E-state index in [4.69, 9.17) is 23.6 Å². The quantitative estimate of drug-likeness (QED) is 0.0268. The van der Waals surface area contributed by atoms with Gasteiger partial charge in [-0.25, -0.2) is 4.79 Å². The average molecular weight is 2010 g/mol. The number of hydrogen-bond acceptors (Lipinski definition) is 24. The van der Waals surface area contributed by atoms with Crippen molar-refractivity contribution in [2.45, 2.75) is 274 Å². The Hall–Kier alpha value is -13.5. The summed E-state index contributed by atoms with van der Waals surface area (Å²) in [7, 11) is 2.68. The number of aliphatic carboxylic acids is 2. The van der Waals surface area contributed by atoms with Crippen molar-refractivity contribution in [3.8, 4) is 18.1 Å². The van der Waals surface area contributed by atoms with E-state index in [0.717, 1.165) is 31.4 Å². The molecular weight excluding hydrogens is 1870 g/mol. The van der Waals surface area contributed by atoms with Crippen molar-refractivity contribution in [3.05, 3.63) is 102 Å². The number of Topliss-reactive ketones (excluding diaryl/α,β-unsaturated/α-hetero) is 1. The molecule has 4 fully saturated rings. The van der Waals surface area contributed by atoms with Crippen molar-refractivity contribution in [2.24, 2.45) is 35.0 Å². The third kappa shape index (κ3) is 31.5. The topological polar surface area (TPSA) is 641 Å². The fourth-order valence-electron chi connectivity index (χ4n) is 18.7. The summed E-state index contributed by atoms with van der Waals surface area (Å²) in [6, 6.07) is -2.06. The van der Waals surface area contributed by atoms with Gasteiger partial charge in [0.2, 0.25) is 94.5 Å². The zero-order chi connectivity index (χ0) is 105. The monoisotopic (exact) mass is 2010 g/mol. The number of terminal acetylenes is 1. The number of aliphatic hydroxyl groups excluding tert-OH is 1. The molecule has 0 unspecified atom stereocenters. The van der Waals surface area contributed by atoms with Crippen LogP contribution < -0.4 is 70.4 Å². The van der Waals surface area contributed by atoms with Gasteiger partial charge in [0.1, 0.15) is 90.8 Å². The number of hydrogen-bond donors (Lipinski definition) is 18. The number of carboxylic acids is 2. The third-order valence-electron chi connectivity index (χ3n) is 26.1. The van der Waals surface area contributed by atoms with E-state index in [9.17, 15) is 68.4 Å². The van der Waals surface area contributed by atoms with Gasteiger partial charge < -0.3 is 125 Å². The fraction of sp³-hybridized carbons (Fsp3) is 0.566. The number of aromatic nitrogens is 2. The molecule has 4 aliphatic rings. The second-order valence-electron chi connectivity index (χ2n) is 37.9. The largest absolute Gasteiger partial charge is 0.508 e. The first kappa shape index (κ1) is 113. The molecule has 6 heterocycles. The van der Waals surface area contributed by atoms with Gasteiger partial charge in [-0.15, -0.1) is 24.1 Å². The molecule has 143 heavy (non-hydrogen) atoms. The number of fused-ring (bicyclic) bond motifs is 5. The van der Waals surface area contributed by atoms with Crippen LogP contribution in [0.25, 0.3) is 21.8 Å². The number of H-pyrrole nitrogens is 1. The molecule has 0 radical (unpaired) electrons. The molecule has 2 aromatic heterocycles. The maximum atomic E-state index is 16.1. The predicted molar refractivity (Wildman–Crippen MR) is 527 cm³/mol. The van der Waals surface area contributed by atoms with Crippen LogP contribution in [0, 0.1) is 30.1 Å². The summed E-state index contributed by atoms with van der Waals surface area (Å²) in [5, 5.41) is 69.3. The van der Waals surface area contributed by atoms with Crippen LogP contribution in [0.2, 0.25) is 0 Å². The highest BCUT2D eigenvalue weighted by Gasteiger charge is 2.48. The maximum absolute atomic E-state index is 16.1. The molecule has 44 heteroatoms. The lowest BCUT2D eigenvalue weighted by molar-refractivity contribution is -0.149. The minimum atomic E-state index is -1.77. The fourth-order valence-corrected chi connectivity index (χ4v) is 19.5. The first-order chi connectivity index (χ1) is 68.1. The number of thioether (sulfide) groups is 1. The normalized spacial score (nSPS) is 24.8. The summed E-state index contributed by atoms with van der Waals surface area (Å²) in [4.78, 5) is 288. The van der Waals surface area contributed by atoms with Gasteiger partial charge in [-0.1, -0.05) is 116 Å². The van der Waals surface area contributed by atoms with E-state index in [1.165, 1.54) is 54.0 Å². The number of para-hydroxylation sites is 2. The number of amides is 16. The predicted octanol–water partition coefficient (Wildman–Crippen LogP) is -0.506. The van der Waals surface area contributed by atoms with Crippen molar-refractivity contribution in [3.63, 3.8) is 0 Å². The highest BCUT2D eigenvalue weighted by Crippen LogP contribution is 2.32. The lowest BCUT2D eigenvalue weighted by atomic mass is 9.90. The van der Waals surface area contributed by atoms with Gasteiger partial charge in [-0.3, -0.25) is 86.3 Å². The number of aromatic hydroxyl groups is 1. The van der Waals surface area contributed by atoms with Crippen LogP contribution in [0.3, 0.4) is 0 Å². The lowest BCUT2D eigenvalue weighted by Crippen LogP contribution is -2.62. The number of phenols is 1. The average Bonchev–Trinajstić information content (AvgIpc) is 1.68. The van der Waals surface area contributed by atoms with Crippen LogP contribution in [0.4, 0.5) is 0 Å². The number of likely N-dealkylation sites (N-methyl/N-ethyl adjacent to an activating group) is 2. The van der Waals surface area contributed by atoms with Gasteiger partial charge in [0, 0.05) is 118 Å². The highest BCUT2D eigenvalue weighted by atomic mass is 32.2. The molecule has 9 rings (SSSR count). The molecule has 0 spiro atoms. The zero-order valence-electron chi connectivity index (χ0n) is 82.1. The number of primary amides is 1. The van der Waals surface area contributed by atoms with Crippen molar-refractivity contribution in [1.82, 2.24) is 87.2 Å². The molecule has 5 aromatic rings. The number of carbonyl (C=O) groups excluding carboxylic acids is 17. The number of aliphatic hydroxyl groups is 1. The number of rotatable bonds is 29. The van der Waals surface area contributed by atoms with Gasteiger partial charge in [0.25, 0.3) is 0 Å². The summed E-state index contributed by atoms with van der Waals surface area (Å²) >= 11 is 0.745. The summed E-state index contributed by atoms with van der Waals surface area (Å²) in [5.41, 5.74) is 20.7. The van der Waals surface area contributed by atoms with Gasteiger partial charge in [-0.2, -0.15) is 0 Å². The summed E-state index contributed by atoms with van der Waals surface area (Å²) < 4.78 is 1.44. The Morgan fingerprint density at radius 3 is 1.78 bits per heavy atom. The molecule has 3 aromatic carbocycles. The molecular formula is C99H138N20O23S. The Labute approximate surface area is 833 Å².